The molecule has 18 heavy (non-hydrogen) atoms. The minimum Gasteiger partial charge on any atom is -0.398 e. The van der Waals surface area contributed by atoms with Crippen LogP contribution in [0.5, 0.6) is 0 Å². The van der Waals surface area contributed by atoms with Crippen molar-refractivity contribution in [1.29, 1.82) is 0 Å². The van der Waals surface area contributed by atoms with Gasteiger partial charge in [-0.05, 0) is 44.4 Å². The highest BCUT2D eigenvalue weighted by atomic mass is 32.2. The first kappa shape index (κ1) is 13.2. The van der Waals surface area contributed by atoms with Gasteiger partial charge in [0.15, 0.2) is 0 Å². The zero-order valence-corrected chi connectivity index (χ0v) is 11.3. The van der Waals surface area contributed by atoms with Crippen molar-refractivity contribution < 1.29 is 8.42 Å². The van der Waals surface area contributed by atoms with Gasteiger partial charge in [-0.2, -0.15) is 0 Å². The number of anilines is 2. The van der Waals surface area contributed by atoms with Crippen LogP contribution in [0, 0.1) is 0 Å². The SMILES string of the molecule is CC1CCCCN1c1ccc(S(N)(=O)=O)c(N)c1. The van der Waals surface area contributed by atoms with Crippen LogP contribution in [-0.4, -0.2) is 21.0 Å². The zero-order valence-electron chi connectivity index (χ0n) is 10.5. The molecule has 2 rings (SSSR count). The third-order valence-electron chi connectivity index (χ3n) is 3.43. The van der Waals surface area contributed by atoms with Gasteiger partial charge in [0.25, 0.3) is 0 Å². The van der Waals surface area contributed by atoms with E-state index in [0.717, 1.165) is 25.1 Å². The Morgan fingerprint density at radius 1 is 1.33 bits per heavy atom. The van der Waals surface area contributed by atoms with E-state index in [4.69, 9.17) is 10.9 Å². The van der Waals surface area contributed by atoms with E-state index in [2.05, 4.69) is 11.8 Å². The van der Waals surface area contributed by atoms with Crippen LogP contribution in [0.4, 0.5) is 11.4 Å². The average molecular weight is 269 g/mol. The first-order valence-electron chi connectivity index (χ1n) is 6.08. The van der Waals surface area contributed by atoms with E-state index < -0.39 is 10.0 Å². The van der Waals surface area contributed by atoms with Gasteiger partial charge < -0.3 is 10.6 Å². The van der Waals surface area contributed by atoms with Gasteiger partial charge in [-0.1, -0.05) is 0 Å². The van der Waals surface area contributed by atoms with Gasteiger partial charge >= 0.3 is 0 Å². The van der Waals surface area contributed by atoms with Gasteiger partial charge in [-0.15, -0.1) is 0 Å². The number of nitrogens with zero attached hydrogens (tertiary/aromatic N) is 1. The Hall–Kier alpha value is -1.27. The highest BCUT2D eigenvalue weighted by Gasteiger charge is 2.20. The molecular weight excluding hydrogens is 250 g/mol. The van der Waals surface area contributed by atoms with Crippen molar-refractivity contribution in [2.45, 2.75) is 37.1 Å². The predicted molar refractivity (Wildman–Crippen MR) is 72.9 cm³/mol. The lowest BCUT2D eigenvalue weighted by Gasteiger charge is -2.35. The Morgan fingerprint density at radius 3 is 2.61 bits per heavy atom. The van der Waals surface area contributed by atoms with Crippen LogP contribution < -0.4 is 15.8 Å². The van der Waals surface area contributed by atoms with Crippen molar-refractivity contribution in [3.05, 3.63) is 18.2 Å². The van der Waals surface area contributed by atoms with Crippen molar-refractivity contribution in [3.8, 4) is 0 Å². The predicted octanol–water partition coefficient (Wildman–Crippen LogP) is 1.29. The molecule has 1 aromatic carbocycles. The molecule has 1 heterocycles. The summed E-state index contributed by atoms with van der Waals surface area (Å²) in [5, 5.41) is 5.09. The van der Waals surface area contributed by atoms with E-state index in [-0.39, 0.29) is 10.6 Å². The Kier molecular flexibility index (Phi) is 3.49. The molecule has 1 atom stereocenters. The van der Waals surface area contributed by atoms with Crippen LogP contribution >= 0.6 is 0 Å². The number of hydrogen-bond donors (Lipinski definition) is 2. The van der Waals surface area contributed by atoms with Gasteiger partial charge in [-0.3, -0.25) is 0 Å². The van der Waals surface area contributed by atoms with Crippen LogP contribution in [0.1, 0.15) is 26.2 Å². The number of hydrogen-bond acceptors (Lipinski definition) is 4. The fourth-order valence-corrected chi connectivity index (χ4v) is 3.10. The number of primary sulfonamides is 1. The van der Waals surface area contributed by atoms with Gasteiger partial charge in [0.1, 0.15) is 4.90 Å². The van der Waals surface area contributed by atoms with E-state index in [1.165, 1.54) is 12.5 Å². The Morgan fingerprint density at radius 2 is 2.06 bits per heavy atom. The molecule has 0 aromatic heterocycles. The fraction of sp³-hybridized carbons (Fsp3) is 0.500. The summed E-state index contributed by atoms with van der Waals surface area (Å²) in [6, 6.07) is 5.42. The third kappa shape index (κ3) is 2.59. The number of benzene rings is 1. The van der Waals surface area contributed by atoms with Crippen molar-refractivity contribution in [1.82, 2.24) is 0 Å². The zero-order chi connectivity index (χ0) is 13.3. The average Bonchev–Trinajstić information content (AvgIpc) is 2.27. The monoisotopic (exact) mass is 269 g/mol. The summed E-state index contributed by atoms with van der Waals surface area (Å²) in [7, 11) is -3.74. The van der Waals surface area contributed by atoms with E-state index in [9.17, 15) is 8.42 Å². The highest BCUT2D eigenvalue weighted by Crippen LogP contribution is 2.28. The molecular formula is C12H19N3O2S. The molecule has 1 aliphatic heterocycles. The summed E-state index contributed by atoms with van der Waals surface area (Å²) in [5.41, 5.74) is 6.95. The summed E-state index contributed by atoms with van der Waals surface area (Å²) < 4.78 is 22.6. The molecule has 0 radical (unpaired) electrons. The molecule has 0 aliphatic carbocycles. The molecule has 1 saturated heterocycles. The number of piperidine rings is 1. The molecule has 0 bridgehead atoms. The quantitative estimate of drug-likeness (QED) is 0.792. The number of rotatable bonds is 2. The Labute approximate surface area is 108 Å². The minimum absolute atomic E-state index is 0.00378. The van der Waals surface area contributed by atoms with Crippen molar-refractivity contribution >= 4 is 21.4 Å². The maximum Gasteiger partial charge on any atom is 0.240 e. The first-order valence-corrected chi connectivity index (χ1v) is 7.63. The summed E-state index contributed by atoms with van der Waals surface area (Å²) in [6.07, 6.45) is 3.54. The fourth-order valence-electron chi connectivity index (χ4n) is 2.46. The molecule has 1 unspecified atom stereocenters. The standard InChI is InChI=1S/C12H19N3O2S/c1-9-4-2-3-7-15(9)10-5-6-12(11(13)8-10)18(14,16)17/h5-6,8-9H,2-4,7,13H2,1H3,(H2,14,16,17). The third-order valence-corrected chi connectivity index (χ3v) is 4.42. The van der Waals surface area contributed by atoms with E-state index in [1.54, 1.807) is 12.1 Å². The number of nitrogen functional groups attached to an aromatic ring is 1. The second-order valence-electron chi connectivity index (χ2n) is 4.81. The molecule has 0 amide bonds. The number of sulfonamides is 1. The normalized spacial score (nSPS) is 21.0. The maximum absolute atomic E-state index is 11.3. The van der Waals surface area contributed by atoms with Crippen molar-refractivity contribution in [2.75, 3.05) is 17.2 Å². The molecule has 1 aromatic rings. The minimum atomic E-state index is -3.74. The smallest absolute Gasteiger partial charge is 0.240 e. The lowest BCUT2D eigenvalue weighted by atomic mass is 10.0. The lowest BCUT2D eigenvalue weighted by molar-refractivity contribution is 0.485. The van der Waals surface area contributed by atoms with Crippen molar-refractivity contribution in [3.63, 3.8) is 0 Å². The van der Waals surface area contributed by atoms with Gasteiger partial charge in [0.05, 0.1) is 5.69 Å². The lowest BCUT2D eigenvalue weighted by Crippen LogP contribution is -2.37. The molecule has 1 aliphatic rings. The second-order valence-corrected chi connectivity index (χ2v) is 6.34. The molecule has 100 valence electrons. The topological polar surface area (TPSA) is 89.4 Å². The van der Waals surface area contributed by atoms with Crippen LogP contribution in [0.15, 0.2) is 23.1 Å². The molecule has 1 fully saturated rings. The summed E-state index contributed by atoms with van der Waals surface area (Å²) in [4.78, 5) is 2.25. The van der Waals surface area contributed by atoms with E-state index >= 15 is 0 Å². The summed E-state index contributed by atoms with van der Waals surface area (Å²) >= 11 is 0. The van der Waals surface area contributed by atoms with Crippen LogP contribution in [0.25, 0.3) is 0 Å². The molecule has 0 saturated carbocycles. The van der Waals surface area contributed by atoms with Crippen molar-refractivity contribution in [2.24, 2.45) is 5.14 Å². The Balaban J connectivity index is 2.34. The van der Waals surface area contributed by atoms with Gasteiger partial charge in [-0.25, -0.2) is 13.6 Å². The van der Waals surface area contributed by atoms with Crippen LogP contribution in [0.2, 0.25) is 0 Å². The highest BCUT2D eigenvalue weighted by molar-refractivity contribution is 7.89. The van der Waals surface area contributed by atoms with E-state index in [0.29, 0.717) is 6.04 Å². The summed E-state index contributed by atoms with van der Waals surface area (Å²) in [5.74, 6) is 0. The molecule has 5 nitrogen and oxygen atoms in total. The van der Waals surface area contributed by atoms with Crippen LogP contribution in [0.3, 0.4) is 0 Å². The Bertz CT molecular complexity index is 542. The van der Waals surface area contributed by atoms with Gasteiger partial charge in [0.2, 0.25) is 10.0 Å². The van der Waals surface area contributed by atoms with Gasteiger partial charge in [0, 0.05) is 18.3 Å². The first-order chi connectivity index (χ1) is 8.39. The molecule has 4 N–H and O–H groups in total. The largest absolute Gasteiger partial charge is 0.398 e. The van der Waals surface area contributed by atoms with Crippen LogP contribution in [-0.2, 0) is 10.0 Å². The second kappa shape index (κ2) is 4.78. The maximum atomic E-state index is 11.3. The number of nitrogens with two attached hydrogens (primary N) is 2. The molecule has 0 spiro atoms. The summed E-state index contributed by atoms with van der Waals surface area (Å²) in [6.45, 7) is 3.15. The molecule has 6 heteroatoms. The van der Waals surface area contributed by atoms with E-state index in [1.807, 2.05) is 0 Å².